The molecule has 3 heteroatoms. The van der Waals surface area contributed by atoms with E-state index in [4.69, 9.17) is 4.79 Å². The Kier molecular flexibility index (Phi) is 1.56. The lowest BCUT2D eigenvalue weighted by Crippen LogP contribution is -1.47. The van der Waals surface area contributed by atoms with E-state index in [-0.39, 0.29) is 0 Å². The molecule has 0 saturated heterocycles. The topological polar surface area (TPSA) is 17.1 Å². The van der Waals surface area contributed by atoms with E-state index in [0.29, 0.717) is 0 Å². The SMILES string of the molecule is O=C([S])Cl. The molecule has 0 N–H and O–H groups in total. The largest absolute Gasteiger partial charge is 0.310 e. The summed E-state index contributed by atoms with van der Waals surface area (Å²) in [6.07, 6.45) is 0. The fraction of sp³-hybridized carbons (Fsp3) is 0. The molecule has 0 aromatic heterocycles. The second-order valence-corrected chi connectivity index (χ2v) is 1.18. The Morgan fingerprint density at radius 2 is 2.00 bits per heavy atom. The first kappa shape index (κ1) is 4.18. The van der Waals surface area contributed by atoms with Crippen LogP contribution in [0.1, 0.15) is 0 Å². The zero-order valence-electron chi connectivity index (χ0n) is 1.69. The highest BCUT2D eigenvalue weighted by Gasteiger charge is 1.71. The Balaban J connectivity index is 2.80. The van der Waals surface area contributed by atoms with Crippen molar-refractivity contribution in [2.24, 2.45) is 0 Å². The van der Waals surface area contributed by atoms with E-state index in [1.807, 2.05) is 0 Å². The minimum Gasteiger partial charge on any atom is -0.263 e. The van der Waals surface area contributed by atoms with Gasteiger partial charge >= 0.3 is 4.57 Å². The van der Waals surface area contributed by atoms with Crippen LogP contribution in [0.15, 0.2) is 0 Å². The number of hydrogen-bond acceptors (Lipinski definition) is 1. The van der Waals surface area contributed by atoms with Gasteiger partial charge in [-0.3, -0.25) is 4.79 Å². The van der Waals surface area contributed by atoms with Gasteiger partial charge in [-0.2, -0.15) is 0 Å². The highest BCUT2D eigenvalue weighted by Crippen LogP contribution is 1.83. The van der Waals surface area contributed by atoms with Crippen molar-refractivity contribution in [1.29, 1.82) is 0 Å². The third kappa shape index (κ3) is 93.7. The van der Waals surface area contributed by atoms with Crippen LogP contribution in [0, 0.1) is 0 Å². The van der Waals surface area contributed by atoms with Crippen molar-refractivity contribution in [1.82, 2.24) is 0 Å². The summed E-state index contributed by atoms with van der Waals surface area (Å²) in [7, 11) is 0. The summed E-state index contributed by atoms with van der Waals surface area (Å²) >= 11 is 8.20. The van der Waals surface area contributed by atoms with E-state index in [0.717, 1.165) is 0 Å². The van der Waals surface area contributed by atoms with Crippen LogP contribution in [-0.4, -0.2) is 4.57 Å². The van der Waals surface area contributed by atoms with Gasteiger partial charge in [-0.1, -0.05) is 0 Å². The molecule has 0 amide bonds. The van der Waals surface area contributed by atoms with Crippen molar-refractivity contribution >= 4 is 28.8 Å². The number of carbonyl (C=O) groups excluding carboxylic acids is 1. The number of halogens is 1. The average Bonchev–Trinajstić information content (AvgIpc) is 0.811. The van der Waals surface area contributed by atoms with E-state index in [9.17, 15) is 0 Å². The zero-order valence-corrected chi connectivity index (χ0v) is 3.27. The molecular formula is CClOS. The summed E-state index contributed by atoms with van der Waals surface area (Å²) in [4.78, 5) is 9.02. The molecular weight excluding hydrogens is 95.5 g/mol. The van der Waals surface area contributed by atoms with Crippen molar-refractivity contribution < 1.29 is 4.79 Å². The lowest BCUT2D eigenvalue weighted by Gasteiger charge is -1.48. The van der Waals surface area contributed by atoms with Gasteiger partial charge in [0.15, 0.2) is 0 Å². The molecule has 0 spiro atoms. The molecule has 0 aliphatic rings. The molecule has 0 aromatic rings. The summed E-state index contributed by atoms with van der Waals surface area (Å²) in [5.41, 5.74) is 0. The van der Waals surface area contributed by atoms with Crippen molar-refractivity contribution in [3.63, 3.8) is 0 Å². The zero-order chi connectivity index (χ0) is 3.58. The van der Waals surface area contributed by atoms with Gasteiger partial charge < -0.3 is 0 Å². The van der Waals surface area contributed by atoms with Crippen molar-refractivity contribution in [2.75, 3.05) is 0 Å². The quantitative estimate of drug-likeness (QED) is 0.417. The normalized spacial score (nSPS) is 6.25. The average molecular weight is 95.5 g/mol. The fourth-order valence-corrected chi connectivity index (χ4v) is 0. The number of rotatable bonds is 0. The first-order valence-electron chi connectivity index (χ1n) is 0.597. The molecule has 1 nitrogen and oxygen atoms in total. The maximum atomic E-state index is 9.02. The fourth-order valence-electron chi connectivity index (χ4n) is 0. The summed E-state index contributed by atoms with van der Waals surface area (Å²) in [5, 5.41) is 0. The molecule has 0 fully saturated rings. The lowest BCUT2D eigenvalue weighted by molar-refractivity contribution is 0.276. The molecule has 0 aliphatic carbocycles. The highest BCUT2D eigenvalue weighted by atomic mass is 35.5. The molecule has 4 heavy (non-hydrogen) atoms. The van der Waals surface area contributed by atoms with E-state index in [1.165, 1.54) is 0 Å². The van der Waals surface area contributed by atoms with Crippen molar-refractivity contribution in [3.8, 4) is 0 Å². The molecule has 0 heterocycles. The Morgan fingerprint density at radius 3 is 2.00 bits per heavy atom. The summed E-state index contributed by atoms with van der Waals surface area (Å²) in [6.45, 7) is 0. The van der Waals surface area contributed by atoms with Gasteiger partial charge in [0.25, 0.3) is 0 Å². The second-order valence-electron chi connectivity index (χ2n) is 0.238. The van der Waals surface area contributed by atoms with Gasteiger partial charge in [0.05, 0.1) is 0 Å². The molecule has 0 bridgehead atoms. The smallest absolute Gasteiger partial charge is 0.263 e. The van der Waals surface area contributed by atoms with Gasteiger partial charge in [0.1, 0.15) is 0 Å². The van der Waals surface area contributed by atoms with Crippen LogP contribution in [-0.2, 0) is 0 Å². The Hall–Kier alpha value is 0.180. The Morgan fingerprint density at radius 1 is 2.00 bits per heavy atom. The maximum Gasteiger partial charge on any atom is 0.310 e. The monoisotopic (exact) mass is 94.9 g/mol. The van der Waals surface area contributed by atoms with Crippen LogP contribution < -0.4 is 0 Å². The van der Waals surface area contributed by atoms with Crippen LogP contribution in [0.3, 0.4) is 0 Å². The molecule has 0 unspecified atom stereocenters. The summed E-state index contributed by atoms with van der Waals surface area (Å²) < 4.78 is -0.778. The molecule has 23 valence electrons. The van der Waals surface area contributed by atoms with Gasteiger partial charge in [-0.25, -0.2) is 0 Å². The van der Waals surface area contributed by atoms with Crippen LogP contribution in [0.25, 0.3) is 0 Å². The molecule has 0 saturated carbocycles. The lowest BCUT2D eigenvalue weighted by atomic mass is 11.8. The first-order chi connectivity index (χ1) is 1.73. The van der Waals surface area contributed by atoms with Crippen LogP contribution in [0.5, 0.6) is 0 Å². The third-order valence-electron chi connectivity index (χ3n) is 0. The molecule has 0 rings (SSSR count). The molecule has 0 atom stereocenters. The van der Waals surface area contributed by atoms with E-state index in [2.05, 4.69) is 24.2 Å². The number of hydrogen-bond donors (Lipinski definition) is 0. The standard InChI is InChI=1S/CClOS/c2-1(3)4. The van der Waals surface area contributed by atoms with Crippen LogP contribution >= 0.6 is 24.2 Å². The van der Waals surface area contributed by atoms with E-state index >= 15 is 0 Å². The Bertz CT molecular complexity index is 31.0. The first-order valence-corrected chi connectivity index (χ1v) is 1.38. The van der Waals surface area contributed by atoms with Crippen molar-refractivity contribution in [3.05, 3.63) is 0 Å². The second kappa shape index (κ2) is 1.49. The van der Waals surface area contributed by atoms with Crippen molar-refractivity contribution in [2.45, 2.75) is 0 Å². The predicted octanol–water partition coefficient (Wildman–Crippen LogP) is 1.54. The molecule has 1 radical (unpaired) electrons. The minimum atomic E-state index is -0.778. The van der Waals surface area contributed by atoms with E-state index in [1.54, 1.807) is 0 Å². The van der Waals surface area contributed by atoms with Gasteiger partial charge in [-0.05, 0) is 24.2 Å². The third-order valence-corrected chi connectivity index (χ3v) is 0. The van der Waals surface area contributed by atoms with Gasteiger partial charge in [-0.15, -0.1) is 0 Å². The van der Waals surface area contributed by atoms with Gasteiger partial charge in [0, 0.05) is 0 Å². The predicted molar refractivity (Wildman–Crippen MR) is 18.8 cm³/mol. The van der Waals surface area contributed by atoms with E-state index < -0.39 is 4.57 Å². The molecule has 0 aliphatic heterocycles. The maximum absolute atomic E-state index is 9.02. The number of carbonyl (C=O) groups is 1. The summed E-state index contributed by atoms with van der Waals surface area (Å²) in [6, 6.07) is 0. The van der Waals surface area contributed by atoms with Crippen LogP contribution in [0.2, 0.25) is 0 Å². The summed E-state index contributed by atoms with van der Waals surface area (Å²) in [5.74, 6) is 0. The van der Waals surface area contributed by atoms with Gasteiger partial charge in [0.2, 0.25) is 0 Å². The highest BCUT2D eigenvalue weighted by molar-refractivity contribution is 8.00. The molecule has 0 aromatic carbocycles. The van der Waals surface area contributed by atoms with Crippen LogP contribution in [0.4, 0.5) is 4.79 Å². The Labute approximate surface area is 34.4 Å². The minimum absolute atomic E-state index is 0.778.